The number of carbonyl (C=O) groups is 2. The fraction of sp³-hybridized carbons (Fsp3) is 0.542. The van der Waals surface area contributed by atoms with Gasteiger partial charge in [-0.3, -0.25) is 14.7 Å². The molecule has 0 bridgehead atoms. The molecule has 3 heterocycles. The highest BCUT2D eigenvalue weighted by Gasteiger charge is 2.35. The second-order valence-corrected chi connectivity index (χ2v) is 9.70. The zero-order valence-electron chi connectivity index (χ0n) is 19.2. The molecule has 2 fully saturated rings. The second-order valence-electron chi connectivity index (χ2n) is 8.79. The largest absolute Gasteiger partial charge is 0.490 e. The van der Waals surface area contributed by atoms with Crippen LogP contribution in [0.3, 0.4) is 0 Å². The quantitative estimate of drug-likeness (QED) is 0.635. The lowest BCUT2D eigenvalue weighted by Gasteiger charge is -2.39. The Kier molecular flexibility index (Phi) is 7.70. The summed E-state index contributed by atoms with van der Waals surface area (Å²) in [4.78, 5) is 29.9. The predicted octanol–water partition coefficient (Wildman–Crippen LogP) is 2.88. The lowest BCUT2D eigenvalue weighted by Crippen LogP contribution is -2.50. The highest BCUT2D eigenvalue weighted by Crippen LogP contribution is 2.28. The third kappa shape index (κ3) is 5.95. The molecule has 4 rings (SSSR count). The van der Waals surface area contributed by atoms with Gasteiger partial charge in [0.05, 0.1) is 25.3 Å². The normalized spacial score (nSPS) is 21.2. The molecular weight excluding hydrogens is 488 g/mol. The molecule has 33 heavy (non-hydrogen) atoms. The van der Waals surface area contributed by atoms with Crippen LogP contribution >= 0.6 is 15.9 Å². The molecule has 2 atom stereocenters. The Morgan fingerprint density at radius 1 is 1.18 bits per heavy atom. The number of hydrogen-bond donors (Lipinski definition) is 1. The Bertz CT molecular complexity index is 969. The molecule has 8 nitrogen and oxygen atoms in total. The van der Waals surface area contributed by atoms with Gasteiger partial charge in [0.1, 0.15) is 11.9 Å². The number of halogens is 1. The van der Waals surface area contributed by atoms with Crippen LogP contribution in [0.4, 0.5) is 0 Å². The van der Waals surface area contributed by atoms with Crippen molar-refractivity contribution in [1.29, 1.82) is 0 Å². The van der Waals surface area contributed by atoms with Crippen LogP contribution in [0.25, 0.3) is 0 Å². The maximum atomic E-state index is 13.1. The highest BCUT2D eigenvalue weighted by atomic mass is 79.9. The molecule has 2 saturated heterocycles. The molecule has 2 aliphatic rings. The standard InChI is InChI=1S/C24H31BrN4O4/c1-16-21(17(2)27-26-16)14-24(31)29-7-6-22(33-20-5-3-4-19(25)13-20)18(15-29)12-23(30)28-8-10-32-11-9-28/h3-5,13,18,22H,6-12,14-15H2,1-2H3,(H,26,27)/t18-,22-/m0/s1. The number of ether oxygens (including phenoxy) is 2. The summed E-state index contributed by atoms with van der Waals surface area (Å²) in [6.45, 7) is 7.33. The molecule has 0 saturated carbocycles. The molecule has 2 amide bonds. The van der Waals surface area contributed by atoms with Gasteiger partial charge in [-0.25, -0.2) is 0 Å². The van der Waals surface area contributed by atoms with Crippen molar-refractivity contribution < 1.29 is 19.1 Å². The van der Waals surface area contributed by atoms with Gasteiger partial charge >= 0.3 is 0 Å². The van der Waals surface area contributed by atoms with E-state index in [4.69, 9.17) is 9.47 Å². The van der Waals surface area contributed by atoms with Crippen LogP contribution < -0.4 is 4.74 Å². The smallest absolute Gasteiger partial charge is 0.227 e. The molecule has 1 N–H and O–H groups in total. The number of aryl methyl sites for hydroxylation is 2. The van der Waals surface area contributed by atoms with Gasteiger partial charge in [0, 0.05) is 60.7 Å². The first-order valence-corrected chi connectivity index (χ1v) is 12.3. The number of aromatic nitrogens is 2. The van der Waals surface area contributed by atoms with Crippen molar-refractivity contribution in [2.75, 3.05) is 39.4 Å². The van der Waals surface area contributed by atoms with E-state index in [9.17, 15) is 9.59 Å². The van der Waals surface area contributed by atoms with Crippen LogP contribution in [0.5, 0.6) is 5.75 Å². The zero-order valence-corrected chi connectivity index (χ0v) is 20.8. The summed E-state index contributed by atoms with van der Waals surface area (Å²) in [6.07, 6.45) is 1.22. The monoisotopic (exact) mass is 518 g/mol. The second kappa shape index (κ2) is 10.7. The summed E-state index contributed by atoms with van der Waals surface area (Å²) in [7, 11) is 0. The summed E-state index contributed by atoms with van der Waals surface area (Å²) in [5, 5.41) is 7.16. The lowest BCUT2D eigenvalue weighted by molar-refractivity contribution is -0.141. The van der Waals surface area contributed by atoms with Crippen molar-refractivity contribution in [3.8, 4) is 5.75 Å². The van der Waals surface area contributed by atoms with Gasteiger partial charge in [-0.15, -0.1) is 0 Å². The van der Waals surface area contributed by atoms with Crippen molar-refractivity contribution >= 4 is 27.7 Å². The average molecular weight is 519 g/mol. The van der Waals surface area contributed by atoms with Gasteiger partial charge in [0.15, 0.2) is 0 Å². The number of likely N-dealkylation sites (tertiary alicyclic amines) is 1. The first kappa shape index (κ1) is 23.8. The van der Waals surface area contributed by atoms with Gasteiger partial charge in [0.25, 0.3) is 0 Å². The Balaban J connectivity index is 1.46. The first-order chi connectivity index (χ1) is 15.9. The molecule has 178 valence electrons. The van der Waals surface area contributed by atoms with E-state index in [2.05, 4.69) is 26.1 Å². The SMILES string of the molecule is Cc1n[nH]c(C)c1CC(=O)N1CC[C@H](Oc2cccc(Br)c2)[C@@H](CC(=O)N2CCOCC2)C1. The van der Waals surface area contributed by atoms with E-state index in [1.807, 2.05) is 47.9 Å². The van der Waals surface area contributed by atoms with E-state index >= 15 is 0 Å². The summed E-state index contributed by atoms with van der Waals surface area (Å²) in [6, 6.07) is 7.74. The summed E-state index contributed by atoms with van der Waals surface area (Å²) in [5.74, 6) is 0.848. The Hall–Kier alpha value is -2.39. The predicted molar refractivity (Wildman–Crippen MR) is 127 cm³/mol. The number of aromatic amines is 1. The number of piperidine rings is 1. The van der Waals surface area contributed by atoms with Crippen molar-refractivity contribution in [2.45, 2.75) is 39.2 Å². The fourth-order valence-electron chi connectivity index (χ4n) is 4.57. The maximum Gasteiger partial charge on any atom is 0.227 e. The highest BCUT2D eigenvalue weighted by molar-refractivity contribution is 9.10. The van der Waals surface area contributed by atoms with E-state index in [0.717, 1.165) is 27.2 Å². The lowest BCUT2D eigenvalue weighted by atomic mass is 9.90. The van der Waals surface area contributed by atoms with Gasteiger partial charge in [-0.2, -0.15) is 5.10 Å². The Morgan fingerprint density at radius 3 is 2.67 bits per heavy atom. The Morgan fingerprint density at radius 2 is 1.97 bits per heavy atom. The van der Waals surface area contributed by atoms with E-state index in [0.29, 0.717) is 58.7 Å². The molecule has 1 aromatic heterocycles. The van der Waals surface area contributed by atoms with Crippen LogP contribution in [0, 0.1) is 19.8 Å². The maximum absolute atomic E-state index is 13.1. The number of morpholine rings is 1. The van der Waals surface area contributed by atoms with Crippen molar-refractivity contribution in [2.24, 2.45) is 5.92 Å². The van der Waals surface area contributed by atoms with Gasteiger partial charge < -0.3 is 19.3 Å². The van der Waals surface area contributed by atoms with E-state index in [1.54, 1.807) is 0 Å². The number of carbonyl (C=O) groups excluding carboxylic acids is 2. The molecule has 1 aromatic carbocycles. The van der Waals surface area contributed by atoms with Crippen LogP contribution in [-0.4, -0.2) is 77.3 Å². The van der Waals surface area contributed by atoms with Crippen LogP contribution in [0.2, 0.25) is 0 Å². The average Bonchev–Trinajstić information content (AvgIpc) is 3.12. The topological polar surface area (TPSA) is 87.8 Å². The van der Waals surface area contributed by atoms with Crippen LogP contribution in [-0.2, 0) is 20.7 Å². The number of amides is 2. The van der Waals surface area contributed by atoms with E-state index < -0.39 is 0 Å². The fourth-order valence-corrected chi connectivity index (χ4v) is 4.95. The number of H-pyrrole nitrogens is 1. The molecule has 0 spiro atoms. The van der Waals surface area contributed by atoms with Crippen molar-refractivity contribution in [3.05, 3.63) is 45.7 Å². The molecule has 0 aliphatic carbocycles. The first-order valence-electron chi connectivity index (χ1n) is 11.5. The number of hydrogen-bond acceptors (Lipinski definition) is 5. The van der Waals surface area contributed by atoms with Crippen molar-refractivity contribution in [1.82, 2.24) is 20.0 Å². The molecule has 2 aromatic rings. The number of rotatable bonds is 6. The molecule has 2 aliphatic heterocycles. The number of nitrogens with one attached hydrogen (secondary N) is 1. The third-order valence-corrected chi connectivity index (χ3v) is 7.00. The minimum absolute atomic E-state index is 0.0623. The summed E-state index contributed by atoms with van der Waals surface area (Å²) in [5.41, 5.74) is 2.73. The van der Waals surface area contributed by atoms with E-state index in [1.165, 1.54) is 0 Å². The molecule has 9 heteroatoms. The number of nitrogens with zero attached hydrogens (tertiary/aromatic N) is 3. The third-order valence-electron chi connectivity index (χ3n) is 6.51. The van der Waals surface area contributed by atoms with Crippen LogP contribution in [0.1, 0.15) is 29.8 Å². The van der Waals surface area contributed by atoms with Crippen molar-refractivity contribution in [3.63, 3.8) is 0 Å². The number of benzene rings is 1. The molecule has 0 unspecified atom stereocenters. The zero-order chi connectivity index (χ0) is 23.4. The summed E-state index contributed by atoms with van der Waals surface area (Å²) >= 11 is 3.49. The van der Waals surface area contributed by atoms with Gasteiger partial charge in [0.2, 0.25) is 11.8 Å². The van der Waals surface area contributed by atoms with Gasteiger partial charge in [-0.1, -0.05) is 22.0 Å². The van der Waals surface area contributed by atoms with Gasteiger partial charge in [-0.05, 0) is 32.0 Å². The Labute approximate surface area is 202 Å². The van der Waals surface area contributed by atoms with E-state index in [-0.39, 0.29) is 23.8 Å². The minimum atomic E-state index is -0.134. The molecular formula is C24H31BrN4O4. The summed E-state index contributed by atoms with van der Waals surface area (Å²) < 4.78 is 12.7. The molecule has 0 radical (unpaired) electrons. The van der Waals surface area contributed by atoms with Crippen LogP contribution in [0.15, 0.2) is 28.7 Å². The minimum Gasteiger partial charge on any atom is -0.490 e.